The monoisotopic (exact) mass is 234 g/mol. The fraction of sp³-hybridized carbons (Fsp3) is 0.583. The summed E-state index contributed by atoms with van der Waals surface area (Å²) in [5.41, 5.74) is 0.848. The minimum absolute atomic E-state index is 0.0643. The molecular formula is C12H18N4O. The van der Waals surface area contributed by atoms with E-state index in [9.17, 15) is 4.79 Å². The summed E-state index contributed by atoms with van der Waals surface area (Å²) >= 11 is 0. The molecule has 0 aliphatic heterocycles. The van der Waals surface area contributed by atoms with E-state index in [0.29, 0.717) is 19.0 Å². The topological polar surface area (TPSA) is 66.9 Å². The van der Waals surface area contributed by atoms with Crippen LogP contribution in [0.1, 0.15) is 30.8 Å². The quantitative estimate of drug-likeness (QED) is 0.754. The van der Waals surface area contributed by atoms with Crippen LogP contribution in [0.3, 0.4) is 0 Å². The Kier molecular flexibility index (Phi) is 4.03. The van der Waals surface area contributed by atoms with E-state index in [0.717, 1.165) is 18.1 Å². The van der Waals surface area contributed by atoms with Crippen molar-refractivity contribution >= 4 is 5.91 Å². The highest BCUT2D eigenvalue weighted by molar-refractivity contribution is 5.75. The molecule has 92 valence electrons. The summed E-state index contributed by atoms with van der Waals surface area (Å²) in [7, 11) is 0. The van der Waals surface area contributed by atoms with Crippen molar-refractivity contribution in [3.05, 3.63) is 23.8 Å². The summed E-state index contributed by atoms with van der Waals surface area (Å²) in [6.07, 6.45) is 4.74. The highest BCUT2D eigenvalue weighted by Crippen LogP contribution is 2.18. The summed E-state index contributed by atoms with van der Waals surface area (Å²) in [6.45, 7) is 3.08. The number of nitrogens with one attached hydrogen (secondary N) is 2. The first-order chi connectivity index (χ1) is 8.24. The van der Waals surface area contributed by atoms with E-state index in [2.05, 4.69) is 20.6 Å². The molecular weight excluding hydrogens is 216 g/mol. The van der Waals surface area contributed by atoms with Crippen molar-refractivity contribution in [1.29, 1.82) is 0 Å². The molecule has 5 heteroatoms. The predicted octanol–water partition coefficient (Wildman–Crippen LogP) is 0.543. The molecule has 0 radical (unpaired) electrons. The lowest BCUT2D eigenvalue weighted by Gasteiger charge is -2.05. The number of hydrogen-bond donors (Lipinski definition) is 2. The van der Waals surface area contributed by atoms with Crippen LogP contribution in [-0.4, -0.2) is 28.5 Å². The molecule has 1 aliphatic carbocycles. The van der Waals surface area contributed by atoms with Crippen molar-refractivity contribution in [1.82, 2.24) is 20.6 Å². The van der Waals surface area contributed by atoms with Crippen molar-refractivity contribution in [2.75, 3.05) is 6.54 Å². The average molecular weight is 234 g/mol. The second kappa shape index (κ2) is 5.72. The Bertz CT molecular complexity index is 390. The van der Waals surface area contributed by atoms with E-state index in [1.54, 1.807) is 6.20 Å². The highest BCUT2D eigenvalue weighted by Gasteiger charge is 2.19. The molecule has 1 aliphatic rings. The molecule has 0 aromatic carbocycles. The van der Waals surface area contributed by atoms with Crippen LogP contribution in [0.5, 0.6) is 0 Å². The van der Waals surface area contributed by atoms with Crippen LogP contribution < -0.4 is 10.6 Å². The first kappa shape index (κ1) is 12.0. The number of rotatable bonds is 6. The van der Waals surface area contributed by atoms with Crippen LogP contribution in [0, 0.1) is 6.92 Å². The molecule has 1 amide bonds. The summed E-state index contributed by atoms with van der Waals surface area (Å²) in [4.78, 5) is 19.7. The molecule has 0 bridgehead atoms. The van der Waals surface area contributed by atoms with Crippen molar-refractivity contribution < 1.29 is 4.79 Å². The van der Waals surface area contributed by atoms with Crippen LogP contribution >= 0.6 is 0 Å². The maximum absolute atomic E-state index is 11.5. The Morgan fingerprint density at radius 2 is 2.35 bits per heavy atom. The first-order valence-corrected chi connectivity index (χ1v) is 6.02. The van der Waals surface area contributed by atoms with Gasteiger partial charge in [-0.1, -0.05) is 0 Å². The molecule has 5 nitrogen and oxygen atoms in total. The number of amides is 1. The SMILES string of the molecule is Cc1nccc(CNC(=O)CCNC2CC2)n1. The van der Waals surface area contributed by atoms with Gasteiger partial charge in [0.05, 0.1) is 12.2 Å². The maximum Gasteiger partial charge on any atom is 0.221 e. The van der Waals surface area contributed by atoms with Crippen LogP contribution in [0.2, 0.25) is 0 Å². The zero-order valence-electron chi connectivity index (χ0n) is 10.1. The van der Waals surface area contributed by atoms with Gasteiger partial charge in [0, 0.05) is 25.2 Å². The Balaban J connectivity index is 1.64. The number of aryl methyl sites for hydroxylation is 1. The first-order valence-electron chi connectivity index (χ1n) is 6.02. The third kappa shape index (κ3) is 4.48. The second-order valence-electron chi connectivity index (χ2n) is 4.35. The van der Waals surface area contributed by atoms with Gasteiger partial charge < -0.3 is 10.6 Å². The molecule has 2 N–H and O–H groups in total. The molecule has 1 heterocycles. The van der Waals surface area contributed by atoms with Gasteiger partial charge in [-0.05, 0) is 25.8 Å². The van der Waals surface area contributed by atoms with Gasteiger partial charge in [-0.2, -0.15) is 0 Å². The Labute approximate surface area is 101 Å². The highest BCUT2D eigenvalue weighted by atomic mass is 16.1. The van der Waals surface area contributed by atoms with Crippen LogP contribution in [0.4, 0.5) is 0 Å². The summed E-state index contributed by atoms with van der Waals surface area (Å²) < 4.78 is 0. The van der Waals surface area contributed by atoms with Gasteiger partial charge in [0.25, 0.3) is 0 Å². The Morgan fingerprint density at radius 1 is 1.53 bits per heavy atom. The molecule has 0 atom stereocenters. The minimum Gasteiger partial charge on any atom is -0.350 e. The van der Waals surface area contributed by atoms with Gasteiger partial charge in [-0.25, -0.2) is 9.97 Å². The largest absolute Gasteiger partial charge is 0.350 e. The number of nitrogens with zero attached hydrogens (tertiary/aromatic N) is 2. The molecule has 17 heavy (non-hydrogen) atoms. The van der Waals surface area contributed by atoms with Crippen molar-refractivity contribution in [2.45, 2.75) is 38.8 Å². The van der Waals surface area contributed by atoms with Crippen LogP contribution in [0.25, 0.3) is 0 Å². The van der Waals surface area contributed by atoms with E-state index in [4.69, 9.17) is 0 Å². The summed E-state index contributed by atoms with van der Waals surface area (Å²) in [6, 6.07) is 2.47. The molecule has 0 spiro atoms. The lowest BCUT2D eigenvalue weighted by Crippen LogP contribution is -2.28. The zero-order valence-corrected chi connectivity index (χ0v) is 10.1. The van der Waals surface area contributed by atoms with Crippen molar-refractivity contribution in [3.8, 4) is 0 Å². The number of carbonyl (C=O) groups excluding carboxylic acids is 1. The number of aromatic nitrogens is 2. The fourth-order valence-corrected chi connectivity index (χ4v) is 1.56. The average Bonchev–Trinajstić information content (AvgIpc) is 3.11. The molecule has 0 unspecified atom stereocenters. The fourth-order valence-electron chi connectivity index (χ4n) is 1.56. The van der Waals surface area contributed by atoms with Gasteiger partial charge in [0.15, 0.2) is 0 Å². The van der Waals surface area contributed by atoms with E-state index in [1.807, 2.05) is 13.0 Å². The van der Waals surface area contributed by atoms with E-state index < -0.39 is 0 Å². The Morgan fingerprint density at radius 3 is 3.06 bits per heavy atom. The molecule has 1 saturated carbocycles. The number of carbonyl (C=O) groups is 1. The number of hydrogen-bond acceptors (Lipinski definition) is 4. The molecule has 0 saturated heterocycles. The minimum atomic E-state index is 0.0643. The lowest BCUT2D eigenvalue weighted by atomic mass is 10.3. The summed E-state index contributed by atoms with van der Waals surface area (Å²) in [5, 5.41) is 6.16. The second-order valence-corrected chi connectivity index (χ2v) is 4.35. The van der Waals surface area contributed by atoms with E-state index in [-0.39, 0.29) is 5.91 Å². The standard InChI is InChI=1S/C12H18N4O/c1-9-13-6-4-11(16-9)8-15-12(17)5-7-14-10-2-3-10/h4,6,10,14H,2-3,5,7-8H2,1H3,(H,15,17). The maximum atomic E-state index is 11.5. The molecule has 1 aromatic rings. The lowest BCUT2D eigenvalue weighted by molar-refractivity contribution is -0.121. The van der Waals surface area contributed by atoms with Crippen LogP contribution in [-0.2, 0) is 11.3 Å². The third-order valence-electron chi connectivity index (χ3n) is 2.66. The van der Waals surface area contributed by atoms with E-state index in [1.165, 1.54) is 12.8 Å². The van der Waals surface area contributed by atoms with Gasteiger partial charge in [0.2, 0.25) is 5.91 Å². The summed E-state index contributed by atoms with van der Waals surface area (Å²) in [5.74, 6) is 0.793. The van der Waals surface area contributed by atoms with Gasteiger partial charge in [0.1, 0.15) is 5.82 Å². The third-order valence-corrected chi connectivity index (χ3v) is 2.66. The van der Waals surface area contributed by atoms with E-state index >= 15 is 0 Å². The smallest absolute Gasteiger partial charge is 0.221 e. The Hall–Kier alpha value is -1.49. The zero-order chi connectivity index (χ0) is 12.1. The van der Waals surface area contributed by atoms with Crippen molar-refractivity contribution in [3.63, 3.8) is 0 Å². The van der Waals surface area contributed by atoms with Crippen LogP contribution in [0.15, 0.2) is 12.3 Å². The molecule has 1 fully saturated rings. The predicted molar refractivity (Wildman–Crippen MR) is 64.3 cm³/mol. The van der Waals surface area contributed by atoms with Gasteiger partial charge in [-0.15, -0.1) is 0 Å². The normalized spacial score (nSPS) is 14.6. The molecule has 2 rings (SSSR count). The van der Waals surface area contributed by atoms with Gasteiger partial charge >= 0.3 is 0 Å². The van der Waals surface area contributed by atoms with Crippen molar-refractivity contribution in [2.24, 2.45) is 0 Å². The molecule has 1 aromatic heterocycles. The van der Waals surface area contributed by atoms with Gasteiger partial charge in [-0.3, -0.25) is 4.79 Å².